The Morgan fingerprint density at radius 1 is 1.40 bits per heavy atom. The quantitative estimate of drug-likeness (QED) is 0.867. The lowest BCUT2D eigenvalue weighted by Gasteiger charge is -2.34. The third-order valence-electron chi connectivity index (χ3n) is 3.67. The van der Waals surface area contributed by atoms with Crippen LogP contribution in [0.2, 0.25) is 5.22 Å². The van der Waals surface area contributed by atoms with Crippen molar-refractivity contribution in [3.05, 3.63) is 16.5 Å². The van der Waals surface area contributed by atoms with Crippen LogP contribution >= 0.6 is 11.6 Å². The zero-order chi connectivity index (χ0) is 14.5. The molecule has 0 aliphatic carbocycles. The molecule has 1 aromatic rings. The molecule has 0 atom stereocenters. The van der Waals surface area contributed by atoms with Crippen molar-refractivity contribution >= 4 is 17.5 Å². The van der Waals surface area contributed by atoms with Gasteiger partial charge in [-0.1, -0.05) is 5.16 Å². The Morgan fingerprint density at radius 3 is 2.65 bits per heavy atom. The summed E-state index contributed by atoms with van der Waals surface area (Å²) >= 11 is 5.88. The smallest absolute Gasteiger partial charge is 0.229 e. The van der Waals surface area contributed by atoms with Gasteiger partial charge < -0.3 is 14.5 Å². The highest BCUT2D eigenvalue weighted by molar-refractivity contribution is 6.29. The molecule has 0 unspecified atom stereocenters. The van der Waals surface area contributed by atoms with E-state index in [9.17, 15) is 4.79 Å². The summed E-state index contributed by atoms with van der Waals surface area (Å²) in [4.78, 5) is 16.2. The molecule has 0 radical (unpaired) electrons. The fourth-order valence-electron chi connectivity index (χ4n) is 2.39. The molecule has 0 aromatic carbocycles. The second kappa shape index (κ2) is 7.06. The number of aliphatic hydroxyl groups is 1. The molecule has 1 aliphatic rings. The van der Waals surface area contributed by atoms with Gasteiger partial charge in [-0.15, -0.1) is 0 Å². The standard InChI is InChI=1S/C13H20ClN3O3/c1-10-11(13(14)20-15-10)2-3-12(19)17-6-4-16(5-7-17)8-9-18/h18H,2-9H2,1H3. The lowest BCUT2D eigenvalue weighted by atomic mass is 10.1. The van der Waals surface area contributed by atoms with E-state index in [-0.39, 0.29) is 17.7 Å². The number of aromatic nitrogens is 1. The van der Waals surface area contributed by atoms with Gasteiger partial charge in [-0.25, -0.2) is 0 Å². The third kappa shape index (κ3) is 3.71. The molecule has 6 nitrogen and oxygen atoms in total. The van der Waals surface area contributed by atoms with Crippen LogP contribution in [-0.4, -0.2) is 65.3 Å². The number of amides is 1. The number of aliphatic hydroxyl groups excluding tert-OH is 1. The zero-order valence-corrected chi connectivity index (χ0v) is 12.4. The van der Waals surface area contributed by atoms with E-state index in [1.165, 1.54) is 0 Å². The van der Waals surface area contributed by atoms with Gasteiger partial charge in [0, 0.05) is 44.7 Å². The van der Waals surface area contributed by atoms with Gasteiger partial charge in [0.15, 0.2) is 0 Å². The molecule has 7 heteroatoms. The van der Waals surface area contributed by atoms with E-state index in [1.807, 2.05) is 11.8 Å². The molecule has 2 rings (SSSR count). The lowest BCUT2D eigenvalue weighted by molar-refractivity contribution is -0.132. The molecule has 0 bridgehead atoms. The minimum Gasteiger partial charge on any atom is -0.395 e. The van der Waals surface area contributed by atoms with Gasteiger partial charge in [0.1, 0.15) is 0 Å². The number of piperazine rings is 1. The fourth-order valence-corrected chi connectivity index (χ4v) is 2.66. The first-order valence-electron chi connectivity index (χ1n) is 6.83. The maximum Gasteiger partial charge on any atom is 0.229 e. The number of halogens is 1. The summed E-state index contributed by atoms with van der Waals surface area (Å²) in [7, 11) is 0. The van der Waals surface area contributed by atoms with Crippen LogP contribution in [0.1, 0.15) is 17.7 Å². The molecular weight excluding hydrogens is 282 g/mol. The van der Waals surface area contributed by atoms with Crippen LogP contribution in [0.25, 0.3) is 0 Å². The Balaban J connectivity index is 1.79. The fraction of sp³-hybridized carbons (Fsp3) is 0.692. The van der Waals surface area contributed by atoms with Crippen LogP contribution < -0.4 is 0 Å². The van der Waals surface area contributed by atoms with Gasteiger partial charge in [-0.2, -0.15) is 0 Å². The molecule has 1 amide bonds. The predicted octanol–water partition coefficient (Wildman–Crippen LogP) is 0.706. The number of nitrogens with zero attached hydrogens (tertiary/aromatic N) is 3. The molecule has 1 aromatic heterocycles. The van der Waals surface area contributed by atoms with Gasteiger partial charge in [0.25, 0.3) is 0 Å². The Hall–Kier alpha value is -1.11. The van der Waals surface area contributed by atoms with Crippen LogP contribution in [0.5, 0.6) is 0 Å². The van der Waals surface area contributed by atoms with Crippen molar-refractivity contribution in [1.29, 1.82) is 0 Å². The maximum atomic E-state index is 12.1. The Kier molecular flexibility index (Phi) is 5.39. The van der Waals surface area contributed by atoms with Crippen LogP contribution in [0.4, 0.5) is 0 Å². The van der Waals surface area contributed by atoms with Gasteiger partial charge in [-0.3, -0.25) is 9.69 Å². The van der Waals surface area contributed by atoms with Gasteiger partial charge in [0.2, 0.25) is 11.1 Å². The first-order valence-corrected chi connectivity index (χ1v) is 7.21. The predicted molar refractivity (Wildman–Crippen MR) is 74.7 cm³/mol. The number of hydrogen-bond acceptors (Lipinski definition) is 5. The molecule has 20 heavy (non-hydrogen) atoms. The van der Waals surface area contributed by atoms with E-state index in [2.05, 4.69) is 10.1 Å². The number of aryl methyl sites for hydroxylation is 1. The minimum atomic E-state index is 0.130. The van der Waals surface area contributed by atoms with Crippen LogP contribution in [0.3, 0.4) is 0 Å². The third-order valence-corrected chi connectivity index (χ3v) is 3.96. The average Bonchev–Trinajstić information content (AvgIpc) is 2.77. The minimum absolute atomic E-state index is 0.130. The van der Waals surface area contributed by atoms with Crippen molar-refractivity contribution < 1.29 is 14.4 Å². The van der Waals surface area contributed by atoms with Crippen LogP contribution in [0, 0.1) is 6.92 Å². The Bertz CT molecular complexity index is 436. The van der Waals surface area contributed by atoms with Crippen molar-refractivity contribution in [2.24, 2.45) is 0 Å². The molecule has 1 aliphatic heterocycles. The molecule has 1 saturated heterocycles. The number of β-amino-alcohol motifs (C(OH)–C–C–N with tert-alkyl or cyclic N) is 1. The summed E-state index contributed by atoms with van der Waals surface area (Å²) in [5, 5.41) is 12.9. The SMILES string of the molecule is Cc1noc(Cl)c1CCC(=O)N1CCN(CCO)CC1. The van der Waals surface area contributed by atoms with E-state index in [0.29, 0.717) is 19.4 Å². The second-order valence-electron chi connectivity index (χ2n) is 4.97. The van der Waals surface area contributed by atoms with E-state index in [1.54, 1.807) is 0 Å². The van der Waals surface area contributed by atoms with Crippen LogP contribution in [0.15, 0.2) is 4.52 Å². The highest BCUT2D eigenvalue weighted by Gasteiger charge is 2.21. The highest BCUT2D eigenvalue weighted by Crippen LogP contribution is 2.21. The summed E-state index contributed by atoms with van der Waals surface area (Å²) < 4.78 is 4.87. The molecular formula is C13H20ClN3O3. The summed E-state index contributed by atoms with van der Waals surface area (Å²) in [5.41, 5.74) is 1.56. The number of carbonyl (C=O) groups excluding carboxylic acids is 1. The molecule has 2 heterocycles. The maximum absolute atomic E-state index is 12.1. The van der Waals surface area contributed by atoms with E-state index in [4.69, 9.17) is 21.2 Å². The molecule has 1 N–H and O–H groups in total. The molecule has 1 fully saturated rings. The van der Waals surface area contributed by atoms with E-state index < -0.39 is 0 Å². The Labute approximate surface area is 123 Å². The van der Waals surface area contributed by atoms with Crippen LogP contribution in [-0.2, 0) is 11.2 Å². The first kappa shape index (κ1) is 15.3. The van der Waals surface area contributed by atoms with E-state index >= 15 is 0 Å². The van der Waals surface area contributed by atoms with Crippen molar-refractivity contribution in [3.63, 3.8) is 0 Å². The monoisotopic (exact) mass is 301 g/mol. The summed E-state index contributed by atoms with van der Waals surface area (Å²) in [6, 6.07) is 0. The summed E-state index contributed by atoms with van der Waals surface area (Å²) in [6.07, 6.45) is 0.978. The second-order valence-corrected chi connectivity index (χ2v) is 5.31. The topological polar surface area (TPSA) is 69.8 Å². The number of carbonyl (C=O) groups is 1. The molecule has 0 spiro atoms. The number of rotatable bonds is 5. The average molecular weight is 302 g/mol. The highest BCUT2D eigenvalue weighted by atomic mass is 35.5. The Morgan fingerprint density at radius 2 is 2.10 bits per heavy atom. The van der Waals surface area contributed by atoms with Crippen molar-refractivity contribution in [3.8, 4) is 0 Å². The zero-order valence-electron chi connectivity index (χ0n) is 11.6. The summed E-state index contributed by atoms with van der Waals surface area (Å²) in [6.45, 7) is 5.74. The van der Waals surface area contributed by atoms with Crippen molar-refractivity contribution in [2.45, 2.75) is 19.8 Å². The largest absolute Gasteiger partial charge is 0.395 e. The van der Waals surface area contributed by atoms with E-state index in [0.717, 1.165) is 37.4 Å². The van der Waals surface area contributed by atoms with Crippen molar-refractivity contribution in [2.75, 3.05) is 39.3 Å². The normalized spacial score (nSPS) is 16.6. The van der Waals surface area contributed by atoms with Gasteiger partial charge in [-0.05, 0) is 24.9 Å². The summed E-state index contributed by atoms with van der Waals surface area (Å²) in [5.74, 6) is 0.130. The number of hydrogen-bond donors (Lipinski definition) is 1. The first-order chi connectivity index (χ1) is 9.61. The molecule has 112 valence electrons. The van der Waals surface area contributed by atoms with Crippen molar-refractivity contribution in [1.82, 2.24) is 15.0 Å². The van der Waals surface area contributed by atoms with Gasteiger partial charge >= 0.3 is 0 Å². The molecule has 0 saturated carbocycles. The lowest BCUT2D eigenvalue weighted by Crippen LogP contribution is -2.49. The van der Waals surface area contributed by atoms with Gasteiger partial charge in [0.05, 0.1) is 12.3 Å².